The van der Waals surface area contributed by atoms with Crippen LogP contribution in [0.25, 0.3) is 0 Å². The highest BCUT2D eigenvalue weighted by atomic mass is 16.3. The van der Waals surface area contributed by atoms with Crippen LogP contribution in [0.5, 0.6) is 0 Å². The third-order valence-corrected chi connectivity index (χ3v) is 8.74. The lowest BCUT2D eigenvalue weighted by Crippen LogP contribution is -2.50. The summed E-state index contributed by atoms with van der Waals surface area (Å²) < 4.78 is 0. The summed E-state index contributed by atoms with van der Waals surface area (Å²) in [5.74, 6) is 0.694. The molecule has 0 unspecified atom stereocenters. The molecule has 0 aromatic rings. The molecule has 180 valence electrons. The summed E-state index contributed by atoms with van der Waals surface area (Å²) in [5, 5.41) is 33.4. The van der Waals surface area contributed by atoms with Gasteiger partial charge in [-0.05, 0) is 87.7 Å². The quantitative estimate of drug-likeness (QED) is 0.514. The van der Waals surface area contributed by atoms with E-state index in [-0.39, 0.29) is 23.3 Å². The van der Waals surface area contributed by atoms with Crippen molar-refractivity contribution in [2.45, 2.75) is 103 Å². The van der Waals surface area contributed by atoms with Crippen molar-refractivity contribution in [2.24, 2.45) is 23.2 Å². The summed E-state index contributed by atoms with van der Waals surface area (Å²) in [7, 11) is 0. The van der Waals surface area contributed by atoms with Crippen molar-refractivity contribution in [2.75, 3.05) is 0 Å². The summed E-state index contributed by atoms with van der Waals surface area (Å²) in [6.07, 6.45) is 9.40. The number of nitrogens with one attached hydrogen (secondary N) is 1. The van der Waals surface area contributed by atoms with Gasteiger partial charge in [0.2, 0.25) is 5.91 Å². The van der Waals surface area contributed by atoms with Crippen LogP contribution in [0.1, 0.15) is 79.6 Å². The normalized spacial score (nSPS) is 37.9. The lowest BCUT2D eigenvalue weighted by Gasteiger charge is -2.44. The molecule has 0 saturated heterocycles. The Morgan fingerprint density at radius 2 is 1.94 bits per heavy atom. The van der Waals surface area contributed by atoms with Crippen molar-refractivity contribution in [3.63, 3.8) is 0 Å². The Kier molecular flexibility index (Phi) is 7.43. The average molecular weight is 446 g/mol. The van der Waals surface area contributed by atoms with Gasteiger partial charge in [0.25, 0.3) is 0 Å². The number of hydrogen-bond acceptors (Lipinski definition) is 4. The highest BCUT2D eigenvalue weighted by molar-refractivity contribution is 5.79. The number of rotatable bonds is 5. The number of aliphatic hydroxyl groups excluding tert-OH is 2. The Balaban J connectivity index is 1.76. The SMILES string of the molecule is C=C1/C(=C/C=C2\CCC[C@]3(C)[C@@H]([C@H](C)C(=O)N[C@H](C)C(C)(C)O)CC[C@@H]23)C[C@@H](O)C[C@@H]1O. The zero-order valence-electron chi connectivity index (χ0n) is 20.5. The third-order valence-electron chi connectivity index (χ3n) is 8.74. The van der Waals surface area contributed by atoms with Crippen LogP contribution in [0.15, 0.2) is 35.5 Å². The Morgan fingerprint density at radius 1 is 1.25 bits per heavy atom. The largest absolute Gasteiger partial charge is 0.393 e. The topological polar surface area (TPSA) is 89.8 Å². The standard InChI is InChI=1S/C27H43NO4/c1-16-20(14-21(29)15-24(16)30)10-9-19-8-7-13-27(6)22(11-12-23(19)27)17(2)25(31)28-18(3)26(4,5)32/h9-10,17-18,21-24,29-30,32H,1,7-8,11-15H2,2-6H3,(H,28,31)/b19-9+,20-10+/t17-,18+,21+,22+,23-,24-,27+/m0/s1. The van der Waals surface area contributed by atoms with Gasteiger partial charge in [-0.1, -0.05) is 38.2 Å². The number of fused-ring (bicyclic) bond motifs is 1. The number of aliphatic hydroxyl groups is 3. The first kappa shape index (κ1) is 25.2. The van der Waals surface area contributed by atoms with Crippen LogP contribution in [0.4, 0.5) is 0 Å². The Hall–Kier alpha value is -1.43. The van der Waals surface area contributed by atoms with Crippen LogP contribution in [0, 0.1) is 23.2 Å². The van der Waals surface area contributed by atoms with E-state index in [1.165, 1.54) is 5.57 Å². The Morgan fingerprint density at radius 3 is 2.59 bits per heavy atom. The number of amides is 1. The summed E-state index contributed by atoms with van der Waals surface area (Å²) in [4.78, 5) is 13.0. The van der Waals surface area contributed by atoms with Crippen molar-refractivity contribution in [3.8, 4) is 0 Å². The van der Waals surface area contributed by atoms with Crippen molar-refractivity contribution >= 4 is 5.91 Å². The molecule has 3 saturated carbocycles. The van der Waals surface area contributed by atoms with Crippen LogP contribution >= 0.6 is 0 Å². The Bertz CT molecular complexity index is 792. The molecule has 4 N–H and O–H groups in total. The van der Waals surface area contributed by atoms with Gasteiger partial charge in [0, 0.05) is 12.3 Å². The lowest BCUT2D eigenvalue weighted by atomic mass is 9.61. The Labute approximate surface area is 193 Å². The number of carbonyl (C=O) groups excluding carboxylic acids is 1. The van der Waals surface area contributed by atoms with Gasteiger partial charge in [0.1, 0.15) is 0 Å². The fraction of sp³-hybridized carbons (Fsp3) is 0.741. The molecule has 5 nitrogen and oxygen atoms in total. The summed E-state index contributed by atoms with van der Waals surface area (Å²) in [6, 6.07) is -0.301. The molecule has 0 bridgehead atoms. The second kappa shape index (κ2) is 9.44. The van der Waals surface area contributed by atoms with Crippen molar-refractivity contribution in [3.05, 3.63) is 35.5 Å². The predicted octanol–water partition coefficient (Wildman–Crippen LogP) is 4.04. The van der Waals surface area contributed by atoms with E-state index >= 15 is 0 Å². The van der Waals surface area contributed by atoms with Gasteiger partial charge in [-0.2, -0.15) is 0 Å². The second-order valence-electron chi connectivity index (χ2n) is 11.3. The van der Waals surface area contributed by atoms with E-state index in [1.54, 1.807) is 13.8 Å². The fourth-order valence-electron chi connectivity index (χ4n) is 6.27. The molecule has 0 spiro atoms. The van der Waals surface area contributed by atoms with Crippen molar-refractivity contribution in [1.82, 2.24) is 5.32 Å². The monoisotopic (exact) mass is 445 g/mol. The molecule has 32 heavy (non-hydrogen) atoms. The van der Waals surface area contributed by atoms with Gasteiger partial charge >= 0.3 is 0 Å². The molecule has 5 heteroatoms. The van der Waals surface area contributed by atoms with E-state index in [9.17, 15) is 20.1 Å². The van der Waals surface area contributed by atoms with Gasteiger partial charge in [0.15, 0.2) is 0 Å². The minimum Gasteiger partial charge on any atom is -0.393 e. The molecule has 3 aliphatic rings. The van der Waals surface area contributed by atoms with Gasteiger partial charge in [-0.15, -0.1) is 0 Å². The molecule has 0 heterocycles. The van der Waals surface area contributed by atoms with E-state index in [0.29, 0.717) is 24.7 Å². The summed E-state index contributed by atoms with van der Waals surface area (Å²) >= 11 is 0. The summed E-state index contributed by atoms with van der Waals surface area (Å²) in [5.41, 5.74) is 2.23. The molecule has 0 aromatic heterocycles. The van der Waals surface area contributed by atoms with E-state index in [0.717, 1.165) is 43.3 Å². The maximum absolute atomic E-state index is 13.0. The van der Waals surface area contributed by atoms with E-state index < -0.39 is 17.8 Å². The minimum atomic E-state index is -0.948. The molecule has 0 aliphatic heterocycles. The zero-order chi connectivity index (χ0) is 23.8. The van der Waals surface area contributed by atoms with Gasteiger partial charge in [0.05, 0.1) is 23.9 Å². The lowest BCUT2D eigenvalue weighted by molar-refractivity contribution is -0.130. The first-order valence-electron chi connectivity index (χ1n) is 12.3. The third kappa shape index (κ3) is 5.05. The van der Waals surface area contributed by atoms with E-state index in [4.69, 9.17) is 0 Å². The zero-order valence-corrected chi connectivity index (χ0v) is 20.5. The first-order valence-corrected chi connectivity index (χ1v) is 12.3. The van der Waals surface area contributed by atoms with E-state index in [1.807, 2.05) is 13.8 Å². The minimum absolute atomic E-state index is 0.0335. The van der Waals surface area contributed by atoms with Gasteiger partial charge < -0.3 is 20.6 Å². The van der Waals surface area contributed by atoms with Crippen LogP contribution in [-0.4, -0.2) is 45.1 Å². The molecule has 3 rings (SSSR count). The van der Waals surface area contributed by atoms with Crippen molar-refractivity contribution in [1.29, 1.82) is 0 Å². The van der Waals surface area contributed by atoms with Crippen LogP contribution in [0.3, 0.4) is 0 Å². The molecular formula is C27H43NO4. The maximum atomic E-state index is 13.0. The highest BCUT2D eigenvalue weighted by Gasteiger charge is 2.52. The average Bonchev–Trinajstić information content (AvgIpc) is 3.05. The van der Waals surface area contributed by atoms with Crippen LogP contribution < -0.4 is 5.32 Å². The predicted molar refractivity (Wildman–Crippen MR) is 128 cm³/mol. The molecular weight excluding hydrogens is 402 g/mol. The molecule has 0 aromatic carbocycles. The smallest absolute Gasteiger partial charge is 0.223 e. The molecule has 3 fully saturated rings. The molecule has 3 aliphatic carbocycles. The van der Waals surface area contributed by atoms with Gasteiger partial charge in [-0.25, -0.2) is 0 Å². The summed E-state index contributed by atoms with van der Waals surface area (Å²) in [6.45, 7) is 13.7. The molecule has 0 radical (unpaired) electrons. The number of carbonyl (C=O) groups is 1. The first-order chi connectivity index (χ1) is 14.8. The van der Waals surface area contributed by atoms with Crippen LogP contribution in [0.2, 0.25) is 0 Å². The maximum Gasteiger partial charge on any atom is 0.223 e. The highest BCUT2D eigenvalue weighted by Crippen LogP contribution is 2.59. The second-order valence-corrected chi connectivity index (χ2v) is 11.3. The van der Waals surface area contributed by atoms with E-state index in [2.05, 4.69) is 31.0 Å². The van der Waals surface area contributed by atoms with Gasteiger partial charge in [-0.3, -0.25) is 4.79 Å². The number of allylic oxidation sites excluding steroid dienone is 3. The number of hydrogen-bond donors (Lipinski definition) is 4. The fourth-order valence-corrected chi connectivity index (χ4v) is 6.27. The van der Waals surface area contributed by atoms with Crippen LogP contribution in [-0.2, 0) is 4.79 Å². The van der Waals surface area contributed by atoms with Crippen molar-refractivity contribution < 1.29 is 20.1 Å². The molecule has 7 atom stereocenters. The molecule has 1 amide bonds.